The normalized spacial score (nSPS) is 11.1. The van der Waals surface area contributed by atoms with Gasteiger partial charge in [-0.3, -0.25) is 0 Å². The minimum absolute atomic E-state index is 0.00491. The zero-order chi connectivity index (χ0) is 12.0. The van der Waals surface area contributed by atoms with Gasteiger partial charge in [0.15, 0.2) is 0 Å². The van der Waals surface area contributed by atoms with Crippen LogP contribution in [-0.4, -0.2) is 11.3 Å². The van der Waals surface area contributed by atoms with E-state index < -0.39 is 0 Å². The third kappa shape index (κ3) is 3.67. The molecule has 0 spiro atoms. The molecule has 4 nitrogen and oxygen atoms in total. The standard InChI is InChI=1S/C11H12ClN3O/c1-8(14-6-2-5-13)15-9-3-4-10(12)11(16)7-9/h2-7,15-16H,1,13H2/b5-2-,14-6-. The third-order valence-corrected chi connectivity index (χ3v) is 1.98. The highest BCUT2D eigenvalue weighted by Crippen LogP contribution is 2.26. The smallest absolute Gasteiger partial charge is 0.136 e. The summed E-state index contributed by atoms with van der Waals surface area (Å²) in [6, 6.07) is 4.78. The molecule has 1 rings (SSSR count). The first-order chi connectivity index (χ1) is 7.63. The molecule has 16 heavy (non-hydrogen) atoms. The highest BCUT2D eigenvalue weighted by atomic mass is 35.5. The van der Waals surface area contributed by atoms with Gasteiger partial charge in [0, 0.05) is 18.0 Å². The molecule has 0 aliphatic carbocycles. The van der Waals surface area contributed by atoms with E-state index in [0.29, 0.717) is 16.5 Å². The lowest BCUT2D eigenvalue weighted by atomic mass is 10.3. The minimum Gasteiger partial charge on any atom is -0.506 e. The lowest BCUT2D eigenvalue weighted by Gasteiger charge is -2.05. The first kappa shape index (κ1) is 12.1. The second-order valence-electron chi connectivity index (χ2n) is 2.90. The van der Waals surface area contributed by atoms with Crippen molar-refractivity contribution in [2.75, 3.05) is 5.32 Å². The van der Waals surface area contributed by atoms with E-state index in [1.807, 2.05) is 0 Å². The van der Waals surface area contributed by atoms with Crippen LogP contribution in [0.25, 0.3) is 0 Å². The number of nitrogens with zero attached hydrogens (tertiary/aromatic N) is 1. The lowest BCUT2D eigenvalue weighted by Crippen LogP contribution is -1.95. The van der Waals surface area contributed by atoms with Gasteiger partial charge in [-0.25, -0.2) is 4.99 Å². The fraction of sp³-hybridized carbons (Fsp3) is 0. The van der Waals surface area contributed by atoms with E-state index >= 15 is 0 Å². The zero-order valence-electron chi connectivity index (χ0n) is 8.52. The van der Waals surface area contributed by atoms with E-state index in [4.69, 9.17) is 17.3 Å². The van der Waals surface area contributed by atoms with Crippen LogP contribution in [0.15, 0.2) is 47.9 Å². The summed E-state index contributed by atoms with van der Waals surface area (Å²) >= 11 is 5.67. The maximum absolute atomic E-state index is 9.36. The quantitative estimate of drug-likeness (QED) is 0.705. The van der Waals surface area contributed by atoms with E-state index in [0.717, 1.165) is 0 Å². The molecular formula is C11H12ClN3O. The molecule has 0 aromatic heterocycles. The van der Waals surface area contributed by atoms with Gasteiger partial charge in [-0.05, 0) is 24.4 Å². The number of rotatable bonds is 4. The molecular weight excluding hydrogens is 226 g/mol. The predicted octanol–water partition coefficient (Wildman–Crippen LogP) is 2.47. The van der Waals surface area contributed by atoms with Crippen LogP contribution in [0.4, 0.5) is 5.69 Å². The second kappa shape index (κ2) is 5.82. The Bertz CT molecular complexity index is 441. The fourth-order valence-electron chi connectivity index (χ4n) is 0.972. The molecule has 0 atom stereocenters. The molecule has 0 aliphatic heterocycles. The summed E-state index contributed by atoms with van der Waals surface area (Å²) < 4.78 is 0. The Hall–Kier alpha value is -1.94. The van der Waals surface area contributed by atoms with Crippen LogP contribution in [-0.2, 0) is 0 Å². The number of aliphatic imine (C=N–C) groups is 1. The molecule has 4 N–H and O–H groups in total. The van der Waals surface area contributed by atoms with Gasteiger partial charge in [0.2, 0.25) is 0 Å². The van der Waals surface area contributed by atoms with Crippen LogP contribution in [0.5, 0.6) is 5.75 Å². The molecule has 1 aromatic carbocycles. The van der Waals surface area contributed by atoms with Gasteiger partial charge in [-0.1, -0.05) is 18.2 Å². The number of benzene rings is 1. The predicted molar refractivity (Wildman–Crippen MR) is 67.7 cm³/mol. The van der Waals surface area contributed by atoms with Gasteiger partial charge in [-0.15, -0.1) is 0 Å². The van der Waals surface area contributed by atoms with Crippen LogP contribution < -0.4 is 11.1 Å². The Balaban J connectivity index is 2.66. The molecule has 0 unspecified atom stereocenters. The van der Waals surface area contributed by atoms with Crippen LogP contribution in [0.2, 0.25) is 5.02 Å². The Morgan fingerprint density at radius 2 is 2.31 bits per heavy atom. The number of anilines is 1. The number of halogens is 1. The molecule has 0 heterocycles. The van der Waals surface area contributed by atoms with Crippen molar-refractivity contribution in [3.63, 3.8) is 0 Å². The summed E-state index contributed by atoms with van der Waals surface area (Å²) in [7, 11) is 0. The van der Waals surface area contributed by atoms with Gasteiger partial charge in [0.1, 0.15) is 11.6 Å². The van der Waals surface area contributed by atoms with Gasteiger partial charge in [0.25, 0.3) is 0 Å². The van der Waals surface area contributed by atoms with Crippen molar-refractivity contribution in [2.45, 2.75) is 0 Å². The molecule has 0 saturated heterocycles. The van der Waals surface area contributed by atoms with Crippen molar-refractivity contribution in [2.24, 2.45) is 10.7 Å². The number of phenolic OH excluding ortho intramolecular Hbond substituents is 1. The van der Waals surface area contributed by atoms with Crippen LogP contribution in [0, 0.1) is 0 Å². The number of hydrogen-bond donors (Lipinski definition) is 3. The number of allylic oxidation sites excluding steroid dienone is 1. The molecule has 0 bridgehead atoms. The SMILES string of the molecule is C=C(/N=C\C=C/N)Nc1ccc(Cl)c(O)c1. The van der Waals surface area contributed by atoms with Crippen molar-refractivity contribution in [3.8, 4) is 5.75 Å². The topological polar surface area (TPSA) is 70.6 Å². The Morgan fingerprint density at radius 1 is 1.56 bits per heavy atom. The van der Waals surface area contributed by atoms with Gasteiger partial charge in [0.05, 0.1) is 5.02 Å². The average molecular weight is 238 g/mol. The largest absolute Gasteiger partial charge is 0.506 e. The van der Waals surface area contributed by atoms with Crippen molar-refractivity contribution >= 4 is 23.5 Å². The number of nitrogens with one attached hydrogen (secondary N) is 1. The van der Waals surface area contributed by atoms with Crippen LogP contribution in [0.1, 0.15) is 0 Å². The van der Waals surface area contributed by atoms with Crippen LogP contribution >= 0.6 is 11.6 Å². The monoisotopic (exact) mass is 237 g/mol. The number of phenols is 1. The molecule has 0 radical (unpaired) electrons. The molecule has 0 aliphatic rings. The maximum atomic E-state index is 9.36. The van der Waals surface area contributed by atoms with E-state index in [9.17, 15) is 5.11 Å². The molecule has 0 saturated carbocycles. The number of nitrogens with two attached hydrogens (primary N) is 1. The molecule has 84 valence electrons. The van der Waals surface area contributed by atoms with Gasteiger partial charge >= 0.3 is 0 Å². The summed E-state index contributed by atoms with van der Waals surface area (Å²) in [5, 5.41) is 12.5. The molecule has 5 heteroatoms. The van der Waals surface area contributed by atoms with Crippen molar-refractivity contribution in [3.05, 3.63) is 47.9 Å². The number of aromatic hydroxyl groups is 1. The van der Waals surface area contributed by atoms with Crippen molar-refractivity contribution < 1.29 is 5.11 Å². The zero-order valence-corrected chi connectivity index (χ0v) is 9.28. The highest BCUT2D eigenvalue weighted by molar-refractivity contribution is 6.32. The lowest BCUT2D eigenvalue weighted by molar-refractivity contribution is 0.476. The third-order valence-electron chi connectivity index (χ3n) is 1.66. The Labute approximate surface area is 98.8 Å². The molecule has 1 aromatic rings. The fourth-order valence-corrected chi connectivity index (χ4v) is 1.09. The van der Waals surface area contributed by atoms with E-state index in [2.05, 4.69) is 16.9 Å². The van der Waals surface area contributed by atoms with Crippen LogP contribution in [0.3, 0.4) is 0 Å². The second-order valence-corrected chi connectivity index (χ2v) is 3.31. The van der Waals surface area contributed by atoms with E-state index in [1.54, 1.807) is 18.2 Å². The first-order valence-electron chi connectivity index (χ1n) is 4.49. The highest BCUT2D eigenvalue weighted by Gasteiger charge is 1.99. The average Bonchev–Trinajstić information content (AvgIpc) is 2.24. The van der Waals surface area contributed by atoms with E-state index in [-0.39, 0.29) is 5.75 Å². The minimum atomic E-state index is 0.00491. The molecule has 0 fully saturated rings. The summed E-state index contributed by atoms with van der Waals surface area (Å²) in [5.74, 6) is 0.435. The first-order valence-corrected chi connectivity index (χ1v) is 4.86. The Kier molecular flexibility index (Phi) is 4.42. The van der Waals surface area contributed by atoms with E-state index in [1.165, 1.54) is 18.5 Å². The maximum Gasteiger partial charge on any atom is 0.136 e. The summed E-state index contributed by atoms with van der Waals surface area (Å²) in [6.45, 7) is 3.68. The summed E-state index contributed by atoms with van der Waals surface area (Å²) in [4.78, 5) is 3.95. The van der Waals surface area contributed by atoms with Crippen molar-refractivity contribution in [1.29, 1.82) is 0 Å². The summed E-state index contributed by atoms with van der Waals surface area (Å²) in [6.07, 6.45) is 4.45. The summed E-state index contributed by atoms with van der Waals surface area (Å²) in [5.41, 5.74) is 5.79. The van der Waals surface area contributed by atoms with Gasteiger partial charge in [-0.2, -0.15) is 0 Å². The Morgan fingerprint density at radius 3 is 2.94 bits per heavy atom. The number of hydrogen-bond acceptors (Lipinski definition) is 4. The van der Waals surface area contributed by atoms with Gasteiger partial charge < -0.3 is 16.2 Å². The molecule has 0 amide bonds. The van der Waals surface area contributed by atoms with Crippen molar-refractivity contribution in [1.82, 2.24) is 0 Å².